The number of thioether (sulfide) groups is 1. The summed E-state index contributed by atoms with van der Waals surface area (Å²) in [5.74, 6) is -0.191. The largest absolute Gasteiger partial charge is 0.368 e. The summed E-state index contributed by atoms with van der Waals surface area (Å²) in [6.45, 7) is 8.43. The minimum Gasteiger partial charge on any atom is -0.368 e. The third-order valence-electron chi connectivity index (χ3n) is 3.45. The maximum absolute atomic E-state index is 11.5. The molecule has 20 heavy (non-hydrogen) atoms. The summed E-state index contributed by atoms with van der Waals surface area (Å²) >= 11 is 1.88. The van der Waals surface area contributed by atoms with Gasteiger partial charge in [-0.15, -0.1) is 11.8 Å². The molecule has 0 aliphatic carbocycles. The van der Waals surface area contributed by atoms with Gasteiger partial charge < -0.3 is 5.73 Å². The van der Waals surface area contributed by atoms with Crippen LogP contribution in [0, 0.1) is 0 Å². The van der Waals surface area contributed by atoms with E-state index in [4.69, 9.17) is 5.73 Å². The molecule has 1 atom stereocenters. The van der Waals surface area contributed by atoms with E-state index >= 15 is 0 Å². The van der Waals surface area contributed by atoms with E-state index in [0.29, 0.717) is 0 Å². The zero-order chi connectivity index (χ0) is 14.8. The van der Waals surface area contributed by atoms with Crippen molar-refractivity contribution in [3.05, 3.63) is 29.8 Å². The van der Waals surface area contributed by atoms with E-state index in [1.807, 2.05) is 11.8 Å². The Bertz CT molecular complexity index is 482. The number of rotatable bonds is 4. The lowest BCUT2D eigenvalue weighted by molar-refractivity contribution is -0.122. The van der Waals surface area contributed by atoms with E-state index in [2.05, 4.69) is 49.9 Å². The molecule has 1 fully saturated rings. The lowest BCUT2D eigenvalue weighted by Gasteiger charge is -2.25. The monoisotopic (exact) mass is 292 g/mol. The molecule has 1 unspecified atom stereocenters. The second-order valence-electron chi connectivity index (χ2n) is 6.35. The Labute approximate surface area is 125 Å². The average molecular weight is 292 g/mol. The van der Waals surface area contributed by atoms with Gasteiger partial charge in [-0.1, -0.05) is 39.0 Å². The van der Waals surface area contributed by atoms with Crippen molar-refractivity contribution < 1.29 is 4.79 Å². The highest BCUT2D eigenvalue weighted by Crippen LogP contribution is 2.35. The zero-order valence-corrected chi connectivity index (χ0v) is 13.4. The van der Waals surface area contributed by atoms with Crippen LogP contribution < -0.4 is 5.73 Å². The SMILES string of the molecule is CC(C)(C)Sc1ccccc1CN1CCCC1C(N)=O. The molecule has 1 heterocycles. The normalized spacial score (nSPS) is 20.2. The minimum atomic E-state index is -0.191. The molecule has 0 aromatic heterocycles. The Morgan fingerprint density at radius 2 is 2.10 bits per heavy atom. The fourth-order valence-corrected chi connectivity index (χ4v) is 3.69. The quantitative estimate of drug-likeness (QED) is 0.868. The van der Waals surface area contributed by atoms with Crippen LogP contribution in [0.2, 0.25) is 0 Å². The first kappa shape index (κ1) is 15.4. The summed E-state index contributed by atoms with van der Waals surface area (Å²) in [4.78, 5) is 15.0. The van der Waals surface area contributed by atoms with E-state index in [1.54, 1.807) is 0 Å². The molecule has 2 rings (SSSR count). The van der Waals surface area contributed by atoms with Gasteiger partial charge in [0.05, 0.1) is 6.04 Å². The molecule has 2 N–H and O–H groups in total. The Hall–Kier alpha value is -1.00. The molecule has 0 spiro atoms. The van der Waals surface area contributed by atoms with Crippen molar-refractivity contribution in [1.82, 2.24) is 4.90 Å². The van der Waals surface area contributed by atoms with Crippen molar-refractivity contribution in [2.24, 2.45) is 5.73 Å². The van der Waals surface area contributed by atoms with Gasteiger partial charge in [0.1, 0.15) is 0 Å². The molecule has 1 aliphatic rings. The maximum Gasteiger partial charge on any atom is 0.234 e. The van der Waals surface area contributed by atoms with Crippen molar-refractivity contribution in [2.45, 2.75) is 55.8 Å². The van der Waals surface area contributed by atoms with Crippen LogP contribution in [0.15, 0.2) is 29.2 Å². The molecule has 0 radical (unpaired) electrons. The predicted octanol–water partition coefficient (Wildman–Crippen LogP) is 3.03. The van der Waals surface area contributed by atoms with Crippen LogP contribution in [0.5, 0.6) is 0 Å². The number of primary amides is 1. The van der Waals surface area contributed by atoms with Crippen LogP contribution in [0.4, 0.5) is 0 Å². The summed E-state index contributed by atoms with van der Waals surface area (Å²) < 4.78 is 0.185. The third kappa shape index (κ3) is 4.00. The summed E-state index contributed by atoms with van der Waals surface area (Å²) in [7, 11) is 0. The van der Waals surface area contributed by atoms with Crippen molar-refractivity contribution in [2.75, 3.05) is 6.54 Å². The number of carbonyl (C=O) groups is 1. The Balaban J connectivity index is 2.15. The number of nitrogens with two attached hydrogens (primary N) is 1. The number of benzene rings is 1. The van der Waals surface area contributed by atoms with Crippen LogP contribution in [-0.2, 0) is 11.3 Å². The fourth-order valence-electron chi connectivity index (χ4n) is 2.62. The molecular weight excluding hydrogens is 268 g/mol. The van der Waals surface area contributed by atoms with Crippen molar-refractivity contribution in [3.63, 3.8) is 0 Å². The van der Waals surface area contributed by atoms with Crippen LogP contribution in [0.25, 0.3) is 0 Å². The minimum absolute atomic E-state index is 0.0947. The molecule has 0 bridgehead atoms. The van der Waals surface area contributed by atoms with Gasteiger partial charge in [-0.3, -0.25) is 9.69 Å². The second-order valence-corrected chi connectivity index (χ2v) is 8.22. The third-order valence-corrected chi connectivity index (χ3v) is 4.68. The standard InChI is InChI=1S/C16H24N2OS/c1-16(2,3)20-14-9-5-4-7-12(14)11-18-10-6-8-13(18)15(17)19/h4-5,7,9,13H,6,8,10-11H2,1-3H3,(H2,17,19). The van der Waals surface area contributed by atoms with Gasteiger partial charge >= 0.3 is 0 Å². The van der Waals surface area contributed by atoms with Crippen molar-refractivity contribution in [1.29, 1.82) is 0 Å². The highest BCUT2D eigenvalue weighted by atomic mass is 32.2. The first-order valence-electron chi connectivity index (χ1n) is 7.17. The van der Waals surface area contributed by atoms with Gasteiger partial charge in [-0.2, -0.15) is 0 Å². The zero-order valence-electron chi connectivity index (χ0n) is 12.6. The van der Waals surface area contributed by atoms with Crippen LogP contribution >= 0.6 is 11.8 Å². The highest BCUT2D eigenvalue weighted by molar-refractivity contribution is 8.00. The first-order chi connectivity index (χ1) is 9.37. The molecule has 4 heteroatoms. The van der Waals surface area contributed by atoms with Gasteiger partial charge in [0.2, 0.25) is 5.91 Å². The lowest BCUT2D eigenvalue weighted by atomic mass is 10.1. The van der Waals surface area contributed by atoms with E-state index < -0.39 is 0 Å². The van der Waals surface area contributed by atoms with Crippen LogP contribution in [-0.4, -0.2) is 28.1 Å². The van der Waals surface area contributed by atoms with Gasteiger partial charge in [-0.25, -0.2) is 0 Å². The molecule has 1 saturated heterocycles. The second kappa shape index (κ2) is 6.19. The average Bonchev–Trinajstić information content (AvgIpc) is 2.78. The summed E-state index contributed by atoms with van der Waals surface area (Å²) in [5, 5.41) is 0. The van der Waals surface area contributed by atoms with Gasteiger partial charge in [-0.05, 0) is 31.0 Å². The topological polar surface area (TPSA) is 46.3 Å². The van der Waals surface area contributed by atoms with Crippen LogP contribution in [0.1, 0.15) is 39.2 Å². The summed E-state index contributed by atoms with van der Waals surface area (Å²) in [6.07, 6.45) is 1.95. The molecule has 3 nitrogen and oxygen atoms in total. The number of hydrogen-bond acceptors (Lipinski definition) is 3. The smallest absolute Gasteiger partial charge is 0.234 e. The summed E-state index contributed by atoms with van der Waals surface area (Å²) in [5.41, 5.74) is 6.79. The molecule has 1 aromatic carbocycles. The molecule has 1 aromatic rings. The summed E-state index contributed by atoms with van der Waals surface area (Å²) in [6, 6.07) is 8.37. The van der Waals surface area contributed by atoms with E-state index in [1.165, 1.54) is 10.5 Å². The molecule has 0 saturated carbocycles. The van der Waals surface area contributed by atoms with E-state index in [0.717, 1.165) is 25.9 Å². The Kier molecular flexibility index (Phi) is 4.76. The van der Waals surface area contributed by atoms with Gasteiger partial charge in [0.15, 0.2) is 0 Å². The van der Waals surface area contributed by atoms with Gasteiger partial charge in [0.25, 0.3) is 0 Å². The maximum atomic E-state index is 11.5. The molecular formula is C16H24N2OS. The highest BCUT2D eigenvalue weighted by Gasteiger charge is 2.29. The molecule has 110 valence electrons. The van der Waals surface area contributed by atoms with Gasteiger partial charge in [0, 0.05) is 16.2 Å². The number of hydrogen-bond donors (Lipinski definition) is 1. The Morgan fingerprint density at radius 3 is 2.75 bits per heavy atom. The van der Waals surface area contributed by atoms with E-state index in [-0.39, 0.29) is 16.7 Å². The number of carbonyl (C=O) groups excluding carboxylic acids is 1. The number of amides is 1. The fraction of sp³-hybridized carbons (Fsp3) is 0.562. The first-order valence-corrected chi connectivity index (χ1v) is 7.99. The molecule has 1 aliphatic heterocycles. The van der Waals surface area contributed by atoms with Crippen molar-refractivity contribution >= 4 is 17.7 Å². The van der Waals surface area contributed by atoms with E-state index in [9.17, 15) is 4.79 Å². The number of likely N-dealkylation sites (tertiary alicyclic amines) is 1. The lowest BCUT2D eigenvalue weighted by Crippen LogP contribution is -2.39. The predicted molar refractivity (Wildman–Crippen MR) is 84.7 cm³/mol. The number of nitrogens with zero attached hydrogens (tertiary/aromatic N) is 1. The molecule has 1 amide bonds. The van der Waals surface area contributed by atoms with Crippen molar-refractivity contribution in [3.8, 4) is 0 Å². The van der Waals surface area contributed by atoms with Crippen LogP contribution in [0.3, 0.4) is 0 Å². The Morgan fingerprint density at radius 1 is 1.40 bits per heavy atom.